The van der Waals surface area contributed by atoms with Gasteiger partial charge in [0.05, 0.1) is 36.1 Å². The predicted molar refractivity (Wildman–Crippen MR) is 136 cm³/mol. The zero-order valence-corrected chi connectivity index (χ0v) is 22.7. The summed E-state index contributed by atoms with van der Waals surface area (Å²) in [6.07, 6.45) is -6.81. The number of nitrogens with zero attached hydrogens (tertiary/aromatic N) is 1. The van der Waals surface area contributed by atoms with Gasteiger partial charge in [0.2, 0.25) is 0 Å². The predicted octanol–water partition coefficient (Wildman–Crippen LogP) is 7.03. The Morgan fingerprint density at radius 1 is 1.05 bits per heavy atom. The number of alkyl halides is 6. The molecule has 2 aromatic rings. The monoisotopic (exact) mass is 583 g/mol. The van der Waals surface area contributed by atoms with Gasteiger partial charge in [0.25, 0.3) is 0 Å². The van der Waals surface area contributed by atoms with Crippen molar-refractivity contribution < 1.29 is 45.4 Å². The molecule has 2 aliphatic heterocycles. The van der Waals surface area contributed by atoms with Crippen LogP contribution in [0.4, 0.5) is 26.3 Å². The maximum absolute atomic E-state index is 13.6. The van der Waals surface area contributed by atoms with Gasteiger partial charge >= 0.3 is 18.3 Å². The van der Waals surface area contributed by atoms with Crippen molar-refractivity contribution in [3.63, 3.8) is 0 Å². The summed E-state index contributed by atoms with van der Waals surface area (Å²) in [5.41, 5.74) is -2.19. The van der Waals surface area contributed by atoms with Crippen molar-refractivity contribution in [1.29, 1.82) is 0 Å². The fraction of sp³-hybridized carbons (Fsp3) is 0.533. The van der Waals surface area contributed by atoms with E-state index in [9.17, 15) is 35.9 Å². The SMILES string of the molecule is COC(=O)C(C)C(c1ccc2c(c1)OC1(CCN(Cc3cc(C(F)(F)F)ccc3C(F)(F)F)CC1)CC2=O)C1CC1. The number of carbonyl (C=O) groups is 2. The standard InChI is InChI=1S/C30H31F6NO4/c1-17(27(39)40-2)26(18-3-4-18)19-5-7-22-24(38)15-28(41-25(22)14-19)9-11-37(12-10-28)16-20-13-21(29(31,32)33)6-8-23(20)30(34,35)36/h5-8,13-14,17-18,26H,3-4,9-12,15-16H2,1-2H3. The second kappa shape index (κ2) is 10.6. The van der Waals surface area contributed by atoms with Crippen LogP contribution in [0.25, 0.3) is 0 Å². The number of Topliss-reactive ketones (excluding diaryl/α,β-unsaturated/α-hetero) is 1. The lowest BCUT2D eigenvalue weighted by atomic mass is 9.80. The number of fused-ring (bicyclic) bond motifs is 1. The first-order chi connectivity index (χ1) is 19.2. The Balaban J connectivity index is 1.33. The molecule has 2 aromatic carbocycles. The number of ketones is 1. The van der Waals surface area contributed by atoms with Crippen molar-refractivity contribution >= 4 is 11.8 Å². The van der Waals surface area contributed by atoms with Crippen molar-refractivity contribution in [2.75, 3.05) is 20.2 Å². The van der Waals surface area contributed by atoms with Gasteiger partial charge in [-0.1, -0.05) is 13.0 Å². The van der Waals surface area contributed by atoms with Crippen molar-refractivity contribution in [3.05, 3.63) is 64.2 Å². The molecular weight excluding hydrogens is 552 g/mol. The van der Waals surface area contributed by atoms with Crippen molar-refractivity contribution in [2.24, 2.45) is 11.8 Å². The summed E-state index contributed by atoms with van der Waals surface area (Å²) in [6, 6.07) is 6.90. The average Bonchev–Trinajstić information content (AvgIpc) is 3.73. The Kier molecular flexibility index (Phi) is 7.63. The highest BCUT2D eigenvalue weighted by Crippen LogP contribution is 2.49. The molecule has 2 atom stereocenters. The van der Waals surface area contributed by atoms with Gasteiger partial charge in [-0.05, 0) is 66.1 Å². The van der Waals surface area contributed by atoms with Gasteiger partial charge in [-0.2, -0.15) is 26.3 Å². The number of halogens is 6. The molecule has 2 unspecified atom stereocenters. The quantitative estimate of drug-likeness (QED) is 0.270. The van der Waals surface area contributed by atoms with Gasteiger partial charge < -0.3 is 9.47 Å². The van der Waals surface area contributed by atoms with E-state index in [1.54, 1.807) is 11.0 Å². The van der Waals surface area contributed by atoms with Gasteiger partial charge in [0.1, 0.15) is 11.4 Å². The fourth-order valence-electron chi connectivity index (χ4n) is 6.29. The van der Waals surface area contributed by atoms with E-state index in [2.05, 4.69) is 0 Å². The number of esters is 1. The zero-order valence-electron chi connectivity index (χ0n) is 22.7. The summed E-state index contributed by atoms with van der Waals surface area (Å²) in [7, 11) is 1.35. The number of benzene rings is 2. The van der Waals surface area contributed by atoms with Crippen LogP contribution in [0.15, 0.2) is 36.4 Å². The van der Waals surface area contributed by atoms with E-state index in [1.807, 2.05) is 19.1 Å². The highest BCUT2D eigenvalue weighted by molar-refractivity contribution is 6.00. The third-order valence-electron chi connectivity index (χ3n) is 8.64. The Morgan fingerprint density at radius 3 is 2.32 bits per heavy atom. The van der Waals surface area contributed by atoms with Gasteiger partial charge in [0.15, 0.2) is 5.78 Å². The number of methoxy groups -OCH3 is 1. The summed E-state index contributed by atoms with van der Waals surface area (Å²) in [4.78, 5) is 27.1. The number of piperidine rings is 1. The first kappa shape index (κ1) is 29.4. The molecule has 0 radical (unpaired) electrons. The molecule has 0 N–H and O–H groups in total. The third kappa shape index (κ3) is 6.10. The van der Waals surface area contributed by atoms with Crippen LogP contribution < -0.4 is 4.74 Å². The summed E-state index contributed by atoms with van der Waals surface area (Å²) >= 11 is 0. The first-order valence-electron chi connectivity index (χ1n) is 13.6. The van der Waals surface area contributed by atoms with Crippen LogP contribution in [-0.4, -0.2) is 42.5 Å². The maximum Gasteiger partial charge on any atom is 0.416 e. The number of carbonyl (C=O) groups excluding carboxylic acids is 2. The molecule has 11 heteroatoms. The minimum atomic E-state index is -4.79. The molecule has 0 aromatic heterocycles. The molecule has 1 aliphatic carbocycles. The molecule has 5 rings (SSSR count). The van der Waals surface area contributed by atoms with Gasteiger partial charge in [0, 0.05) is 32.5 Å². The smallest absolute Gasteiger partial charge is 0.416 e. The van der Waals surface area contributed by atoms with Gasteiger partial charge in [-0.3, -0.25) is 14.5 Å². The fourth-order valence-corrected chi connectivity index (χ4v) is 6.29. The van der Waals surface area contributed by atoms with E-state index in [0.717, 1.165) is 18.4 Å². The molecule has 3 aliphatic rings. The molecule has 222 valence electrons. The molecular formula is C30H31F6NO4. The van der Waals surface area contributed by atoms with Crippen molar-refractivity contribution in [1.82, 2.24) is 4.90 Å². The molecule has 2 fully saturated rings. The first-order valence-corrected chi connectivity index (χ1v) is 13.6. The Labute approximate surface area is 233 Å². The number of ether oxygens (including phenoxy) is 2. The van der Waals surface area contributed by atoms with Crippen molar-refractivity contribution in [3.8, 4) is 5.75 Å². The lowest BCUT2D eigenvalue weighted by molar-refractivity contribution is -0.146. The summed E-state index contributed by atoms with van der Waals surface area (Å²) in [5, 5.41) is 0. The zero-order chi connectivity index (χ0) is 29.7. The molecule has 5 nitrogen and oxygen atoms in total. The number of hydrogen-bond acceptors (Lipinski definition) is 5. The van der Waals surface area contributed by atoms with Crippen LogP contribution in [0.2, 0.25) is 0 Å². The summed E-state index contributed by atoms with van der Waals surface area (Å²) in [6.45, 7) is 2.02. The van der Waals surface area contributed by atoms with Gasteiger partial charge in [-0.25, -0.2) is 0 Å². The number of likely N-dealkylation sites (tertiary alicyclic amines) is 1. The topological polar surface area (TPSA) is 55.8 Å². The molecule has 1 spiro atoms. The molecule has 0 bridgehead atoms. The third-order valence-corrected chi connectivity index (χ3v) is 8.64. The van der Waals surface area contributed by atoms with E-state index in [4.69, 9.17) is 9.47 Å². The molecule has 41 heavy (non-hydrogen) atoms. The minimum absolute atomic E-state index is 0.0820. The van der Waals surface area contributed by atoms with Crippen molar-refractivity contribution in [2.45, 2.75) is 69.4 Å². The summed E-state index contributed by atoms with van der Waals surface area (Å²) in [5.74, 6) is -0.119. The summed E-state index contributed by atoms with van der Waals surface area (Å²) < 4.78 is 91.8. The van der Waals surface area contributed by atoms with Crippen LogP contribution in [0.5, 0.6) is 5.75 Å². The number of hydrogen-bond donors (Lipinski definition) is 0. The van der Waals surface area contributed by atoms with Gasteiger partial charge in [-0.15, -0.1) is 0 Å². The molecule has 0 amide bonds. The molecule has 2 heterocycles. The van der Waals surface area contributed by atoms with E-state index >= 15 is 0 Å². The van der Waals surface area contributed by atoms with Crippen LogP contribution in [-0.2, 0) is 28.4 Å². The van der Waals surface area contributed by atoms with Crippen LogP contribution in [0.3, 0.4) is 0 Å². The largest absolute Gasteiger partial charge is 0.486 e. The maximum atomic E-state index is 13.6. The number of rotatable bonds is 6. The van der Waals surface area contributed by atoms with Crippen LogP contribution in [0, 0.1) is 11.8 Å². The van der Waals surface area contributed by atoms with Crippen LogP contribution in [0.1, 0.15) is 77.6 Å². The molecule has 1 saturated heterocycles. The Morgan fingerprint density at radius 2 is 1.73 bits per heavy atom. The lowest BCUT2D eigenvalue weighted by Crippen LogP contribution is -2.50. The van der Waals surface area contributed by atoms with E-state index < -0.39 is 34.6 Å². The van der Waals surface area contributed by atoms with E-state index in [-0.39, 0.29) is 49.6 Å². The normalized spacial score (nSPS) is 20.7. The Hall–Kier alpha value is -3.08. The van der Waals surface area contributed by atoms with E-state index in [0.29, 0.717) is 48.3 Å². The second-order valence-corrected chi connectivity index (χ2v) is 11.5. The van der Waals surface area contributed by atoms with Crippen LogP contribution >= 0.6 is 0 Å². The second-order valence-electron chi connectivity index (χ2n) is 11.5. The lowest BCUT2D eigenvalue weighted by Gasteiger charge is -2.44. The average molecular weight is 584 g/mol. The highest BCUT2D eigenvalue weighted by Gasteiger charge is 2.45. The van der Waals surface area contributed by atoms with E-state index in [1.165, 1.54) is 7.11 Å². The minimum Gasteiger partial charge on any atom is -0.486 e. The highest BCUT2D eigenvalue weighted by atomic mass is 19.4. The Bertz CT molecular complexity index is 1330. The molecule has 1 saturated carbocycles.